The lowest BCUT2D eigenvalue weighted by Crippen LogP contribution is -2.29. The molecular formula is C10H16ClNOS. The van der Waals surface area contributed by atoms with E-state index in [-0.39, 0.29) is 0 Å². The fraction of sp³-hybridized carbons (Fsp3) is 0.600. The standard InChI is InChI=1S/C10H16ClNOS/c1-3-13-6-8(2)12-5-10-4-9(11)7-14-10/h4,7-8,12H,3,5-6H2,1-2H3. The third kappa shape index (κ3) is 4.42. The van der Waals surface area contributed by atoms with E-state index in [0.717, 1.165) is 24.8 Å². The smallest absolute Gasteiger partial charge is 0.0616 e. The highest BCUT2D eigenvalue weighted by atomic mass is 35.5. The molecule has 0 amide bonds. The zero-order valence-corrected chi connectivity index (χ0v) is 10.1. The first-order chi connectivity index (χ1) is 6.72. The summed E-state index contributed by atoms with van der Waals surface area (Å²) in [6, 6.07) is 2.38. The summed E-state index contributed by atoms with van der Waals surface area (Å²) in [6.45, 7) is 6.52. The third-order valence-electron chi connectivity index (χ3n) is 1.82. The molecule has 14 heavy (non-hydrogen) atoms. The van der Waals surface area contributed by atoms with Crippen molar-refractivity contribution in [3.8, 4) is 0 Å². The number of nitrogens with one attached hydrogen (secondary N) is 1. The Hall–Kier alpha value is -0.0900. The Kier molecular flexibility index (Phi) is 5.48. The third-order valence-corrected chi connectivity index (χ3v) is 3.10. The molecule has 0 saturated carbocycles. The van der Waals surface area contributed by atoms with Gasteiger partial charge in [-0.1, -0.05) is 11.6 Å². The quantitative estimate of drug-likeness (QED) is 0.816. The lowest BCUT2D eigenvalue weighted by Gasteiger charge is -2.12. The summed E-state index contributed by atoms with van der Waals surface area (Å²) in [4.78, 5) is 1.26. The minimum absolute atomic E-state index is 0.385. The van der Waals surface area contributed by atoms with Gasteiger partial charge in [0, 0.05) is 29.5 Å². The molecule has 0 radical (unpaired) electrons. The average molecular weight is 234 g/mol. The van der Waals surface area contributed by atoms with Crippen LogP contribution < -0.4 is 5.32 Å². The first-order valence-corrected chi connectivity index (χ1v) is 6.02. The van der Waals surface area contributed by atoms with Gasteiger partial charge in [-0.3, -0.25) is 0 Å². The first kappa shape index (κ1) is 12.0. The van der Waals surface area contributed by atoms with Gasteiger partial charge in [0.25, 0.3) is 0 Å². The second kappa shape index (κ2) is 6.40. The lowest BCUT2D eigenvalue weighted by atomic mass is 10.3. The van der Waals surface area contributed by atoms with Crippen LogP contribution in [-0.2, 0) is 11.3 Å². The van der Waals surface area contributed by atoms with Crippen molar-refractivity contribution in [3.63, 3.8) is 0 Å². The van der Waals surface area contributed by atoms with E-state index in [2.05, 4.69) is 12.2 Å². The lowest BCUT2D eigenvalue weighted by molar-refractivity contribution is 0.127. The van der Waals surface area contributed by atoms with Gasteiger partial charge in [0.15, 0.2) is 0 Å². The zero-order chi connectivity index (χ0) is 10.4. The summed E-state index contributed by atoms with van der Waals surface area (Å²) in [7, 11) is 0. The number of rotatable bonds is 6. The van der Waals surface area contributed by atoms with Gasteiger partial charge in [-0.15, -0.1) is 11.3 Å². The van der Waals surface area contributed by atoms with Gasteiger partial charge in [-0.05, 0) is 19.9 Å². The summed E-state index contributed by atoms with van der Waals surface area (Å²) in [5.74, 6) is 0. The highest BCUT2D eigenvalue weighted by molar-refractivity contribution is 7.10. The summed E-state index contributed by atoms with van der Waals surface area (Å²) in [6.07, 6.45) is 0. The van der Waals surface area contributed by atoms with Crippen LogP contribution in [0, 0.1) is 0 Å². The maximum Gasteiger partial charge on any atom is 0.0616 e. The number of ether oxygens (including phenoxy) is 1. The Bertz CT molecular complexity index is 264. The molecule has 0 aliphatic heterocycles. The van der Waals surface area contributed by atoms with E-state index < -0.39 is 0 Å². The summed E-state index contributed by atoms with van der Waals surface area (Å²) in [5.41, 5.74) is 0. The van der Waals surface area contributed by atoms with Crippen molar-refractivity contribution in [3.05, 3.63) is 21.3 Å². The predicted octanol–water partition coefficient (Wildman–Crippen LogP) is 2.92. The van der Waals surface area contributed by atoms with Crippen LogP contribution in [0.1, 0.15) is 18.7 Å². The fourth-order valence-corrected chi connectivity index (χ4v) is 2.10. The van der Waals surface area contributed by atoms with Crippen LogP contribution in [0.2, 0.25) is 5.02 Å². The van der Waals surface area contributed by atoms with Crippen LogP contribution in [0.25, 0.3) is 0 Å². The van der Waals surface area contributed by atoms with Crippen molar-refractivity contribution in [2.45, 2.75) is 26.4 Å². The van der Waals surface area contributed by atoms with Gasteiger partial charge in [0.2, 0.25) is 0 Å². The predicted molar refractivity (Wildman–Crippen MR) is 62.1 cm³/mol. The van der Waals surface area contributed by atoms with Gasteiger partial charge < -0.3 is 10.1 Å². The average Bonchev–Trinajstić information content (AvgIpc) is 2.58. The summed E-state index contributed by atoms with van der Waals surface area (Å²) < 4.78 is 5.30. The van der Waals surface area contributed by atoms with E-state index >= 15 is 0 Å². The Balaban J connectivity index is 2.20. The van der Waals surface area contributed by atoms with Gasteiger partial charge in [-0.25, -0.2) is 0 Å². The first-order valence-electron chi connectivity index (χ1n) is 4.76. The van der Waals surface area contributed by atoms with Crippen LogP contribution >= 0.6 is 22.9 Å². The molecule has 1 rings (SSSR count). The summed E-state index contributed by atoms with van der Waals surface area (Å²) >= 11 is 7.50. The highest BCUT2D eigenvalue weighted by Crippen LogP contribution is 2.18. The minimum atomic E-state index is 0.385. The molecule has 4 heteroatoms. The molecule has 1 heterocycles. The molecule has 2 nitrogen and oxygen atoms in total. The summed E-state index contributed by atoms with van der Waals surface area (Å²) in [5, 5.41) is 6.15. The van der Waals surface area contributed by atoms with Crippen molar-refractivity contribution in [1.29, 1.82) is 0 Å². The van der Waals surface area contributed by atoms with Gasteiger partial charge >= 0.3 is 0 Å². The molecule has 0 aromatic carbocycles. The molecular weight excluding hydrogens is 218 g/mol. The second-order valence-electron chi connectivity index (χ2n) is 3.17. The van der Waals surface area contributed by atoms with E-state index in [1.54, 1.807) is 11.3 Å². The van der Waals surface area contributed by atoms with Crippen molar-refractivity contribution < 1.29 is 4.74 Å². The number of hydrogen-bond acceptors (Lipinski definition) is 3. The van der Waals surface area contributed by atoms with Gasteiger partial charge in [0.05, 0.1) is 11.6 Å². The molecule has 0 aliphatic carbocycles. The largest absolute Gasteiger partial charge is 0.380 e. The van der Waals surface area contributed by atoms with E-state index in [0.29, 0.717) is 6.04 Å². The molecule has 1 N–H and O–H groups in total. The SMILES string of the molecule is CCOCC(C)NCc1cc(Cl)cs1. The van der Waals surface area contributed by atoms with Crippen LogP contribution in [0.4, 0.5) is 0 Å². The van der Waals surface area contributed by atoms with Crippen molar-refractivity contribution in [2.24, 2.45) is 0 Å². The molecule has 0 spiro atoms. The van der Waals surface area contributed by atoms with E-state index in [1.165, 1.54) is 4.88 Å². The van der Waals surface area contributed by atoms with Crippen LogP contribution in [0.5, 0.6) is 0 Å². The Morgan fingerprint density at radius 3 is 3.00 bits per heavy atom. The zero-order valence-electron chi connectivity index (χ0n) is 8.55. The van der Waals surface area contributed by atoms with E-state index in [1.807, 2.05) is 18.4 Å². The molecule has 1 atom stereocenters. The maximum absolute atomic E-state index is 5.82. The van der Waals surface area contributed by atoms with Crippen molar-refractivity contribution in [1.82, 2.24) is 5.32 Å². The van der Waals surface area contributed by atoms with E-state index in [4.69, 9.17) is 16.3 Å². The highest BCUT2D eigenvalue weighted by Gasteiger charge is 2.02. The van der Waals surface area contributed by atoms with Crippen molar-refractivity contribution >= 4 is 22.9 Å². The molecule has 80 valence electrons. The number of hydrogen-bond donors (Lipinski definition) is 1. The number of halogens is 1. The van der Waals surface area contributed by atoms with E-state index in [9.17, 15) is 0 Å². The van der Waals surface area contributed by atoms with Gasteiger partial charge in [0.1, 0.15) is 0 Å². The fourth-order valence-electron chi connectivity index (χ4n) is 1.07. The molecule has 0 fully saturated rings. The second-order valence-corrected chi connectivity index (χ2v) is 4.60. The maximum atomic E-state index is 5.82. The van der Waals surface area contributed by atoms with Crippen LogP contribution in [-0.4, -0.2) is 19.3 Å². The molecule has 1 unspecified atom stereocenters. The van der Waals surface area contributed by atoms with Crippen LogP contribution in [0.15, 0.2) is 11.4 Å². The molecule has 0 bridgehead atoms. The monoisotopic (exact) mass is 233 g/mol. The molecule has 0 aliphatic rings. The minimum Gasteiger partial charge on any atom is -0.380 e. The Morgan fingerprint density at radius 1 is 1.64 bits per heavy atom. The molecule has 0 saturated heterocycles. The topological polar surface area (TPSA) is 21.3 Å². The Morgan fingerprint density at radius 2 is 2.43 bits per heavy atom. The van der Waals surface area contributed by atoms with Gasteiger partial charge in [-0.2, -0.15) is 0 Å². The molecule has 1 aromatic rings. The number of thiophene rings is 1. The van der Waals surface area contributed by atoms with Crippen LogP contribution in [0.3, 0.4) is 0 Å². The van der Waals surface area contributed by atoms with Crippen molar-refractivity contribution in [2.75, 3.05) is 13.2 Å². The molecule has 1 aromatic heterocycles. The normalized spacial score (nSPS) is 13.1. The Labute approximate surface area is 94.2 Å².